The molecule has 0 bridgehead atoms. The summed E-state index contributed by atoms with van der Waals surface area (Å²) in [4.78, 5) is 26.2. The van der Waals surface area contributed by atoms with E-state index in [1.54, 1.807) is 11.6 Å². The van der Waals surface area contributed by atoms with Crippen LogP contribution >= 0.6 is 11.3 Å². The summed E-state index contributed by atoms with van der Waals surface area (Å²) in [5.74, 6) is 0.152. The third kappa shape index (κ3) is 3.51. The Morgan fingerprint density at radius 1 is 1.10 bits per heavy atom. The minimum atomic E-state index is -0.206. The summed E-state index contributed by atoms with van der Waals surface area (Å²) < 4.78 is 7.91. The largest absolute Gasteiger partial charge is 0.494 e. The molecule has 2 heterocycles. The van der Waals surface area contributed by atoms with Gasteiger partial charge in [-0.25, -0.2) is 0 Å². The summed E-state index contributed by atoms with van der Waals surface area (Å²) in [6.45, 7) is 0.559. The van der Waals surface area contributed by atoms with Gasteiger partial charge in [-0.05, 0) is 24.5 Å². The number of carbonyl (C=O) groups excluding carboxylic acids is 1. The number of carbonyl (C=O) groups is 1. The lowest BCUT2D eigenvalue weighted by Gasteiger charge is -2.07. The zero-order valence-corrected chi connectivity index (χ0v) is 17.2. The molecule has 5 nitrogen and oxygen atoms in total. The van der Waals surface area contributed by atoms with E-state index in [4.69, 9.17) is 4.74 Å². The molecule has 0 aliphatic rings. The number of thiophene rings is 1. The fourth-order valence-corrected chi connectivity index (χ4v) is 4.81. The normalized spacial score (nSPS) is 11.1. The van der Waals surface area contributed by atoms with E-state index in [0.717, 1.165) is 28.4 Å². The van der Waals surface area contributed by atoms with Crippen LogP contribution < -0.4 is 15.6 Å². The Labute approximate surface area is 172 Å². The van der Waals surface area contributed by atoms with Crippen molar-refractivity contribution in [1.82, 2.24) is 9.88 Å². The molecule has 1 amide bonds. The Morgan fingerprint density at radius 3 is 2.59 bits per heavy atom. The molecule has 0 saturated carbocycles. The summed E-state index contributed by atoms with van der Waals surface area (Å²) >= 11 is 1.31. The second-order valence-electron chi connectivity index (χ2n) is 6.89. The van der Waals surface area contributed by atoms with E-state index in [9.17, 15) is 9.59 Å². The van der Waals surface area contributed by atoms with E-state index in [1.807, 2.05) is 42.5 Å². The molecule has 0 unspecified atom stereocenters. The Balaban J connectivity index is 1.63. The number of hydrogen-bond acceptors (Lipinski definition) is 4. The van der Waals surface area contributed by atoms with Gasteiger partial charge >= 0.3 is 0 Å². The molecule has 0 aliphatic carbocycles. The maximum atomic E-state index is 12.9. The van der Waals surface area contributed by atoms with Crippen LogP contribution in [0.5, 0.6) is 5.75 Å². The molecule has 148 valence electrons. The second kappa shape index (κ2) is 8.09. The predicted molar refractivity (Wildman–Crippen MR) is 118 cm³/mol. The van der Waals surface area contributed by atoms with Crippen LogP contribution in [0.1, 0.15) is 21.7 Å². The van der Waals surface area contributed by atoms with Crippen molar-refractivity contribution in [2.75, 3.05) is 13.7 Å². The highest BCUT2D eigenvalue weighted by molar-refractivity contribution is 7.22. The lowest BCUT2D eigenvalue weighted by molar-refractivity contribution is 0.0954. The van der Waals surface area contributed by atoms with Crippen LogP contribution in [-0.2, 0) is 13.5 Å². The standard InChI is InChI=1S/C23H22N2O3S/c1-25-17-13-7-6-12-16(17)20-18(23(25)27)19(28-2)21(29-20)22(26)24-14-8-11-15-9-4-3-5-10-15/h3-7,9-10,12-13H,8,11,14H2,1-2H3,(H,24,26). The second-order valence-corrected chi connectivity index (χ2v) is 7.92. The fourth-order valence-electron chi connectivity index (χ4n) is 3.60. The van der Waals surface area contributed by atoms with Crippen LogP contribution in [0.15, 0.2) is 59.4 Å². The van der Waals surface area contributed by atoms with Crippen molar-refractivity contribution in [1.29, 1.82) is 0 Å². The molecule has 2 aromatic heterocycles. The number of benzene rings is 2. The molecule has 0 radical (unpaired) electrons. The Hall–Kier alpha value is -3.12. The van der Waals surface area contributed by atoms with Crippen LogP contribution in [0.3, 0.4) is 0 Å². The number of methoxy groups -OCH3 is 1. The smallest absolute Gasteiger partial charge is 0.265 e. The number of hydrogen-bond donors (Lipinski definition) is 1. The average molecular weight is 407 g/mol. The minimum Gasteiger partial charge on any atom is -0.494 e. The maximum absolute atomic E-state index is 12.9. The number of nitrogens with one attached hydrogen (secondary N) is 1. The average Bonchev–Trinajstić information content (AvgIpc) is 3.16. The molecule has 0 fully saturated rings. The number of aromatic nitrogens is 1. The van der Waals surface area contributed by atoms with Crippen molar-refractivity contribution < 1.29 is 9.53 Å². The van der Waals surface area contributed by atoms with Crippen molar-refractivity contribution in [3.05, 3.63) is 75.4 Å². The first-order valence-electron chi connectivity index (χ1n) is 9.52. The van der Waals surface area contributed by atoms with Crippen molar-refractivity contribution in [3.63, 3.8) is 0 Å². The molecule has 0 saturated heterocycles. The zero-order chi connectivity index (χ0) is 20.4. The number of amides is 1. The molecule has 6 heteroatoms. The molecule has 0 aliphatic heterocycles. The highest BCUT2D eigenvalue weighted by Gasteiger charge is 2.23. The van der Waals surface area contributed by atoms with E-state index in [-0.39, 0.29) is 11.5 Å². The van der Waals surface area contributed by atoms with E-state index in [2.05, 4.69) is 17.4 Å². The van der Waals surface area contributed by atoms with Gasteiger partial charge in [-0.3, -0.25) is 9.59 Å². The Morgan fingerprint density at radius 2 is 1.83 bits per heavy atom. The van der Waals surface area contributed by atoms with Gasteiger partial charge in [0.1, 0.15) is 10.3 Å². The molecular weight excluding hydrogens is 384 g/mol. The zero-order valence-electron chi connectivity index (χ0n) is 16.4. The lowest BCUT2D eigenvalue weighted by atomic mass is 10.1. The van der Waals surface area contributed by atoms with E-state index in [1.165, 1.54) is 24.0 Å². The lowest BCUT2D eigenvalue weighted by Crippen LogP contribution is -2.24. The number of rotatable bonds is 6. The summed E-state index contributed by atoms with van der Waals surface area (Å²) in [5.41, 5.74) is 1.93. The van der Waals surface area contributed by atoms with Gasteiger partial charge in [0.05, 0.1) is 17.3 Å². The van der Waals surface area contributed by atoms with E-state index >= 15 is 0 Å². The molecular formula is C23H22N2O3S. The van der Waals surface area contributed by atoms with Crippen LogP contribution in [0, 0.1) is 0 Å². The van der Waals surface area contributed by atoms with Gasteiger partial charge < -0.3 is 14.6 Å². The number of ether oxygens (including phenoxy) is 1. The van der Waals surface area contributed by atoms with Crippen LogP contribution in [-0.4, -0.2) is 24.1 Å². The van der Waals surface area contributed by atoms with Crippen molar-refractivity contribution >= 4 is 38.2 Å². The van der Waals surface area contributed by atoms with Crippen LogP contribution in [0.2, 0.25) is 0 Å². The monoisotopic (exact) mass is 406 g/mol. The highest BCUT2D eigenvalue weighted by Crippen LogP contribution is 2.39. The molecule has 29 heavy (non-hydrogen) atoms. The first-order valence-corrected chi connectivity index (χ1v) is 10.3. The van der Waals surface area contributed by atoms with Gasteiger partial charge in [-0.1, -0.05) is 48.5 Å². The third-order valence-electron chi connectivity index (χ3n) is 5.07. The van der Waals surface area contributed by atoms with Gasteiger partial charge in [0.25, 0.3) is 11.5 Å². The molecule has 0 atom stereocenters. The van der Waals surface area contributed by atoms with Crippen molar-refractivity contribution in [3.8, 4) is 5.75 Å². The Bertz CT molecular complexity index is 1240. The van der Waals surface area contributed by atoms with Gasteiger partial charge in [-0.2, -0.15) is 0 Å². The number of nitrogens with zero attached hydrogens (tertiary/aromatic N) is 1. The van der Waals surface area contributed by atoms with Crippen LogP contribution in [0.25, 0.3) is 21.0 Å². The quantitative estimate of drug-likeness (QED) is 0.490. The van der Waals surface area contributed by atoms with Crippen molar-refractivity contribution in [2.24, 2.45) is 7.05 Å². The first-order chi connectivity index (χ1) is 14.1. The topological polar surface area (TPSA) is 60.3 Å². The predicted octanol–water partition coefficient (Wildman–Crippen LogP) is 4.12. The van der Waals surface area contributed by atoms with Gasteiger partial charge in [0, 0.05) is 19.0 Å². The molecule has 0 spiro atoms. The molecule has 2 aromatic carbocycles. The highest BCUT2D eigenvalue weighted by atomic mass is 32.1. The number of para-hydroxylation sites is 1. The van der Waals surface area contributed by atoms with E-state index in [0.29, 0.717) is 22.6 Å². The van der Waals surface area contributed by atoms with Crippen molar-refractivity contribution in [2.45, 2.75) is 12.8 Å². The first kappa shape index (κ1) is 19.2. The van der Waals surface area contributed by atoms with E-state index < -0.39 is 0 Å². The number of aryl methyl sites for hydroxylation is 2. The SMILES string of the molecule is COc1c(C(=O)NCCCc2ccccc2)sc2c1c(=O)n(C)c1ccccc21. The summed E-state index contributed by atoms with van der Waals surface area (Å²) in [6, 6.07) is 17.9. The third-order valence-corrected chi connectivity index (χ3v) is 6.28. The Kier molecular flexibility index (Phi) is 5.36. The summed E-state index contributed by atoms with van der Waals surface area (Å²) in [6.07, 6.45) is 1.74. The molecule has 4 aromatic rings. The summed E-state index contributed by atoms with van der Waals surface area (Å²) in [5, 5.41) is 4.38. The summed E-state index contributed by atoms with van der Waals surface area (Å²) in [7, 11) is 3.24. The fraction of sp³-hybridized carbons (Fsp3) is 0.217. The number of fused-ring (bicyclic) bond motifs is 3. The van der Waals surface area contributed by atoms with Gasteiger partial charge in [0.2, 0.25) is 0 Å². The maximum Gasteiger partial charge on any atom is 0.265 e. The van der Waals surface area contributed by atoms with Crippen LogP contribution in [0.4, 0.5) is 0 Å². The number of pyridine rings is 1. The minimum absolute atomic E-state index is 0.157. The molecule has 4 rings (SSSR count). The molecule has 1 N–H and O–H groups in total. The van der Waals surface area contributed by atoms with Gasteiger partial charge in [0.15, 0.2) is 5.75 Å². The van der Waals surface area contributed by atoms with Gasteiger partial charge in [-0.15, -0.1) is 11.3 Å².